The van der Waals surface area contributed by atoms with Crippen LogP contribution >= 0.6 is 0 Å². The summed E-state index contributed by atoms with van der Waals surface area (Å²) in [5, 5.41) is 0. The van der Waals surface area contributed by atoms with E-state index in [-0.39, 0.29) is 15.0 Å². The van der Waals surface area contributed by atoms with Crippen LogP contribution in [0.5, 0.6) is 0 Å². The molecule has 0 saturated heterocycles. The van der Waals surface area contributed by atoms with Crippen LogP contribution in [0.4, 0.5) is 0 Å². The van der Waals surface area contributed by atoms with Crippen LogP contribution in [0.15, 0.2) is 53.7 Å². The molecule has 0 atom stereocenters. The van der Waals surface area contributed by atoms with Crippen molar-refractivity contribution in [2.24, 2.45) is 0 Å². The van der Waals surface area contributed by atoms with E-state index in [9.17, 15) is 0 Å². The number of benzene rings is 1. The monoisotopic (exact) mass is 298 g/mol. The molecular weight excluding hydrogens is 279 g/mol. The van der Waals surface area contributed by atoms with Crippen LogP contribution in [-0.4, -0.2) is 23.3 Å². The molecule has 0 fully saturated rings. The quantitative estimate of drug-likeness (QED) is 0.461. The zero-order chi connectivity index (χ0) is 12.2. The molecule has 0 spiro atoms. The fourth-order valence-electron chi connectivity index (χ4n) is 1.11. The van der Waals surface area contributed by atoms with Crippen LogP contribution in [0.3, 0.4) is 0 Å². The second-order valence-corrected chi connectivity index (χ2v) is 11.4. The first-order valence-corrected chi connectivity index (χ1v) is 10.3. The molecule has 0 heterocycles. The summed E-state index contributed by atoms with van der Waals surface area (Å²) < 4.78 is 8.17. The summed E-state index contributed by atoms with van der Waals surface area (Å²) in [6, 6.07) is 10.4. The van der Waals surface area contributed by atoms with Gasteiger partial charge in [-0.25, -0.2) is 0 Å². The van der Waals surface area contributed by atoms with Gasteiger partial charge in [-0.05, 0) is 0 Å². The summed E-state index contributed by atoms with van der Waals surface area (Å²) >= 11 is 0.220. The molecule has 3 heteroatoms. The van der Waals surface area contributed by atoms with E-state index in [1.54, 1.807) is 0 Å². The molecular formula is C13H18OSeSi. The second kappa shape index (κ2) is 5.53. The van der Waals surface area contributed by atoms with E-state index >= 15 is 0 Å². The molecule has 0 radical (unpaired) electrons. The Morgan fingerprint density at radius 2 is 1.69 bits per heavy atom. The van der Waals surface area contributed by atoms with Gasteiger partial charge in [0.2, 0.25) is 0 Å². The van der Waals surface area contributed by atoms with Crippen molar-refractivity contribution >= 4 is 27.7 Å². The molecule has 86 valence electrons. The molecule has 0 unspecified atom stereocenters. The fraction of sp³-hybridized carbons (Fsp3) is 0.231. The average Bonchev–Trinajstić information content (AvgIpc) is 2.16. The van der Waals surface area contributed by atoms with E-state index in [0.717, 1.165) is 10.2 Å². The van der Waals surface area contributed by atoms with Gasteiger partial charge in [0, 0.05) is 0 Å². The molecule has 16 heavy (non-hydrogen) atoms. The van der Waals surface area contributed by atoms with Crippen molar-refractivity contribution in [1.82, 2.24) is 0 Å². The van der Waals surface area contributed by atoms with E-state index in [2.05, 4.69) is 44.9 Å². The third-order valence-corrected chi connectivity index (χ3v) is 4.64. The Bertz CT molecular complexity index is 379. The average molecular weight is 297 g/mol. The van der Waals surface area contributed by atoms with E-state index in [0.29, 0.717) is 0 Å². The third kappa shape index (κ3) is 4.84. The summed E-state index contributed by atoms with van der Waals surface area (Å²) in [6.07, 6.45) is 0. The van der Waals surface area contributed by atoms with Crippen LogP contribution in [0.2, 0.25) is 19.6 Å². The van der Waals surface area contributed by atoms with E-state index in [1.807, 2.05) is 18.2 Å². The van der Waals surface area contributed by atoms with Crippen LogP contribution in [0, 0.1) is 0 Å². The van der Waals surface area contributed by atoms with Crippen LogP contribution in [0.1, 0.15) is 0 Å². The van der Waals surface area contributed by atoms with Gasteiger partial charge in [-0.15, -0.1) is 0 Å². The first-order chi connectivity index (χ1) is 7.38. The fourth-order valence-corrected chi connectivity index (χ4v) is 3.68. The van der Waals surface area contributed by atoms with Gasteiger partial charge in [0.25, 0.3) is 0 Å². The number of rotatable bonds is 5. The Morgan fingerprint density at radius 1 is 1.12 bits per heavy atom. The summed E-state index contributed by atoms with van der Waals surface area (Å²) in [4.78, 5) is 0. The van der Waals surface area contributed by atoms with Gasteiger partial charge in [-0.1, -0.05) is 0 Å². The van der Waals surface area contributed by atoms with E-state index < -0.39 is 8.32 Å². The molecule has 0 aliphatic heterocycles. The van der Waals surface area contributed by atoms with Gasteiger partial charge in [-0.3, -0.25) is 0 Å². The normalized spacial score (nSPS) is 10.9. The molecule has 1 aromatic rings. The zero-order valence-electron chi connectivity index (χ0n) is 10.1. The standard InChI is InChI=1S/C13H18OSeSi/c1-11(14-16(3,4)5)12(2)15-13-9-7-6-8-10-13/h6-10H,1-2H2,3-5H3. The predicted octanol–water partition coefficient (Wildman–Crippen LogP) is 2.90. The van der Waals surface area contributed by atoms with Gasteiger partial charge in [-0.2, -0.15) is 0 Å². The minimum absolute atomic E-state index is 0.220. The molecule has 0 amide bonds. The van der Waals surface area contributed by atoms with Crippen molar-refractivity contribution in [3.05, 3.63) is 53.7 Å². The Balaban J connectivity index is 2.57. The second-order valence-electron chi connectivity index (χ2n) is 4.48. The molecule has 0 N–H and O–H groups in total. The van der Waals surface area contributed by atoms with Crippen molar-refractivity contribution < 1.29 is 4.43 Å². The first kappa shape index (κ1) is 13.3. The first-order valence-electron chi connectivity index (χ1n) is 5.18. The SMILES string of the molecule is C=C(O[Si](C)(C)C)C(=C)[Se]c1ccccc1. The van der Waals surface area contributed by atoms with Gasteiger partial charge >= 0.3 is 106 Å². The Labute approximate surface area is 106 Å². The van der Waals surface area contributed by atoms with Crippen LogP contribution in [0.25, 0.3) is 0 Å². The van der Waals surface area contributed by atoms with Crippen LogP contribution < -0.4 is 4.46 Å². The number of hydrogen-bond acceptors (Lipinski definition) is 1. The maximum atomic E-state index is 5.83. The molecule has 1 nitrogen and oxygen atoms in total. The topological polar surface area (TPSA) is 9.23 Å². The summed E-state index contributed by atoms with van der Waals surface area (Å²) in [6.45, 7) is 14.5. The van der Waals surface area contributed by atoms with Gasteiger partial charge in [0.05, 0.1) is 0 Å². The Hall–Kier alpha value is -0.764. The van der Waals surface area contributed by atoms with Crippen molar-refractivity contribution in [1.29, 1.82) is 0 Å². The van der Waals surface area contributed by atoms with E-state index in [4.69, 9.17) is 4.43 Å². The Kier molecular flexibility index (Phi) is 4.60. The van der Waals surface area contributed by atoms with Crippen molar-refractivity contribution in [3.8, 4) is 0 Å². The molecule has 0 saturated carbocycles. The van der Waals surface area contributed by atoms with Crippen molar-refractivity contribution in [2.45, 2.75) is 19.6 Å². The molecule has 0 aromatic heterocycles. The molecule has 0 aliphatic rings. The van der Waals surface area contributed by atoms with Crippen LogP contribution in [-0.2, 0) is 4.43 Å². The molecule has 1 rings (SSSR count). The summed E-state index contributed by atoms with van der Waals surface area (Å²) in [5.41, 5.74) is 0. The predicted molar refractivity (Wildman–Crippen MR) is 74.5 cm³/mol. The zero-order valence-corrected chi connectivity index (χ0v) is 12.8. The molecule has 0 aliphatic carbocycles. The van der Waals surface area contributed by atoms with Crippen molar-refractivity contribution in [2.75, 3.05) is 0 Å². The van der Waals surface area contributed by atoms with Gasteiger partial charge in [0.1, 0.15) is 0 Å². The maximum absolute atomic E-state index is 5.83. The summed E-state index contributed by atoms with van der Waals surface area (Å²) in [5.74, 6) is 0.767. The third-order valence-electron chi connectivity index (χ3n) is 1.72. The number of allylic oxidation sites excluding steroid dienone is 1. The molecule has 0 bridgehead atoms. The van der Waals surface area contributed by atoms with Crippen molar-refractivity contribution in [3.63, 3.8) is 0 Å². The number of hydrogen-bond donors (Lipinski definition) is 0. The molecule has 1 aromatic carbocycles. The Morgan fingerprint density at radius 3 is 2.19 bits per heavy atom. The van der Waals surface area contributed by atoms with Gasteiger partial charge < -0.3 is 0 Å². The van der Waals surface area contributed by atoms with Gasteiger partial charge in [0.15, 0.2) is 0 Å². The van der Waals surface area contributed by atoms with E-state index in [1.165, 1.54) is 4.46 Å². The summed E-state index contributed by atoms with van der Waals surface area (Å²) in [7, 11) is -1.55. The minimum atomic E-state index is -1.55.